The van der Waals surface area contributed by atoms with Gasteiger partial charge in [0, 0.05) is 12.1 Å². The summed E-state index contributed by atoms with van der Waals surface area (Å²) in [7, 11) is 2.79. The number of carbonyl (C=O) groups is 3. The van der Waals surface area contributed by atoms with Gasteiger partial charge in [-0.05, 0) is 24.3 Å². The Morgan fingerprint density at radius 3 is 1.54 bits per heavy atom. The Labute approximate surface area is 137 Å². The lowest BCUT2D eigenvalue weighted by Gasteiger charge is -2.09. The van der Waals surface area contributed by atoms with Crippen LogP contribution in [0.1, 0.15) is 20.7 Å². The number of hydrogen-bond acceptors (Lipinski definition) is 7. The lowest BCUT2D eigenvalue weighted by Crippen LogP contribution is -2.14. The maximum absolute atomic E-state index is 11.8. The third-order valence-corrected chi connectivity index (χ3v) is 3.07. The van der Waals surface area contributed by atoms with E-state index in [0.717, 1.165) is 0 Å². The van der Waals surface area contributed by atoms with Gasteiger partial charge in [-0.3, -0.25) is 9.59 Å². The van der Waals surface area contributed by atoms with Gasteiger partial charge in [-0.15, -0.1) is 0 Å². The van der Waals surface area contributed by atoms with Crippen LogP contribution in [-0.4, -0.2) is 32.9 Å². The molecule has 0 radical (unpaired) electrons. The quantitative estimate of drug-likeness (QED) is 0.457. The van der Waals surface area contributed by atoms with E-state index < -0.39 is 6.16 Å². The highest BCUT2D eigenvalue weighted by atomic mass is 16.7. The summed E-state index contributed by atoms with van der Waals surface area (Å²) in [5.74, 6) is 0.845. The Kier molecular flexibility index (Phi) is 5.51. The summed E-state index contributed by atoms with van der Waals surface area (Å²) in [4.78, 5) is 33.5. The number of aldehydes is 2. The molecule has 7 heteroatoms. The number of carbonyl (C=O) groups excluding carboxylic acids is 3. The molecule has 0 aliphatic rings. The Morgan fingerprint density at radius 1 is 0.792 bits per heavy atom. The minimum absolute atomic E-state index is 0.152. The van der Waals surface area contributed by atoms with Crippen LogP contribution in [0, 0.1) is 0 Å². The van der Waals surface area contributed by atoms with E-state index in [1.165, 1.54) is 50.6 Å². The highest BCUT2D eigenvalue weighted by Gasteiger charge is 2.12. The molecule has 0 N–H and O–H groups in total. The molecule has 0 saturated carbocycles. The standard InChI is InChI=1S/C17H14O7/c1-21-15-7-13(5-3-11(15)9-18)23-17(20)24-14-6-4-12(10-19)16(8-14)22-2/h3-10H,1-2H3. The van der Waals surface area contributed by atoms with Crippen molar-refractivity contribution in [2.24, 2.45) is 0 Å². The number of ether oxygens (including phenoxy) is 4. The summed E-state index contributed by atoms with van der Waals surface area (Å²) in [6.45, 7) is 0. The zero-order valence-corrected chi connectivity index (χ0v) is 13.0. The summed E-state index contributed by atoms with van der Waals surface area (Å²) >= 11 is 0. The molecule has 0 spiro atoms. The predicted octanol–water partition coefficient (Wildman–Crippen LogP) is 2.91. The first-order chi connectivity index (χ1) is 11.6. The lowest BCUT2D eigenvalue weighted by atomic mass is 10.2. The average molecular weight is 330 g/mol. The van der Waals surface area contributed by atoms with Crippen LogP contribution in [0.5, 0.6) is 23.0 Å². The molecule has 0 heterocycles. The van der Waals surface area contributed by atoms with Gasteiger partial charge in [-0.25, -0.2) is 4.79 Å². The minimum Gasteiger partial charge on any atom is -0.496 e. The summed E-state index contributed by atoms with van der Waals surface area (Å²) in [6, 6.07) is 8.56. The monoisotopic (exact) mass is 330 g/mol. The molecular weight excluding hydrogens is 316 g/mol. The maximum Gasteiger partial charge on any atom is 0.519 e. The fourth-order valence-corrected chi connectivity index (χ4v) is 1.92. The molecule has 2 aromatic rings. The van der Waals surface area contributed by atoms with E-state index in [9.17, 15) is 14.4 Å². The summed E-state index contributed by atoms with van der Waals surface area (Å²) in [5.41, 5.74) is 0.653. The third kappa shape index (κ3) is 3.89. The van der Waals surface area contributed by atoms with E-state index in [4.69, 9.17) is 18.9 Å². The van der Waals surface area contributed by atoms with Gasteiger partial charge < -0.3 is 18.9 Å². The van der Waals surface area contributed by atoms with E-state index in [0.29, 0.717) is 23.7 Å². The molecule has 0 atom stereocenters. The highest BCUT2D eigenvalue weighted by molar-refractivity contribution is 5.81. The average Bonchev–Trinajstić information content (AvgIpc) is 2.61. The van der Waals surface area contributed by atoms with E-state index >= 15 is 0 Å². The first-order valence-electron chi connectivity index (χ1n) is 6.77. The molecule has 0 fully saturated rings. The second-order valence-corrected chi connectivity index (χ2v) is 4.50. The van der Waals surface area contributed by atoms with E-state index in [-0.39, 0.29) is 23.0 Å². The second-order valence-electron chi connectivity index (χ2n) is 4.50. The van der Waals surface area contributed by atoms with Gasteiger partial charge in [0.2, 0.25) is 0 Å². The van der Waals surface area contributed by atoms with Crippen molar-refractivity contribution in [1.29, 1.82) is 0 Å². The van der Waals surface area contributed by atoms with Gasteiger partial charge in [0.1, 0.15) is 23.0 Å². The van der Waals surface area contributed by atoms with Crippen LogP contribution >= 0.6 is 0 Å². The summed E-state index contributed by atoms with van der Waals surface area (Å²) in [5, 5.41) is 0. The first kappa shape index (κ1) is 17.0. The molecular formula is C17H14O7. The number of hydrogen-bond donors (Lipinski definition) is 0. The Bertz CT molecular complexity index is 704. The Hall–Kier alpha value is -3.35. The summed E-state index contributed by atoms with van der Waals surface area (Å²) < 4.78 is 20.1. The van der Waals surface area contributed by atoms with Gasteiger partial charge in [0.05, 0.1) is 25.3 Å². The fourth-order valence-electron chi connectivity index (χ4n) is 1.92. The fraction of sp³-hybridized carbons (Fsp3) is 0.118. The SMILES string of the molecule is COc1cc(OC(=O)Oc2ccc(C=O)c(OC)c2)ccc1C=O. The molecule has 7 nitrogen and oxygen atoms in total. The zero-order valence-electron chi connectivity index (χ0n) is 13.0. The summed E-state index contributed by atoms with van der Waals surface area (Å²) in [6.07, 6.45) is 0.265. The smallest absolute Gasteiger partial charge is 0.496 e. The molecule has 0 aliphatic heterocycles. The van der Waals surface area contributed by atoms with Gasteiger partial charge in [-0.2, -0.15) is 0 Å². The minimum atomic E-state index is -0.989. The zero-order chi connectivity index (χ0) is 17.5. The van der Waals surface area contributed by atoms with Crippen LogP contribution in [0.25, 0.3) is 0 Å². The molecule has 2 aromatic carbocycles. The van der Waals surface area contributed by atoms with Crippen LogP contribution in [-0.2, 0) is 0 Å². The largest absolute Gasteiger partial charge is 0.519 e. The van der Waals surface area contributed by atoms with Gasteiger partial charge in [-0.1, -0.05) is 0 Å². The molecule has 2 rings (SSSR count). The molecule has 0 saturated heterocycles. The van der Waals surface area contributed by atoms with Gasteiger partial charge in [0.25, 0.3) is 0 Å². The number of rotatable bonds is 6. The number of benzene rings is 2. The molecule has 0 aromatic heterocycles. The van der Waals surface area contributed by atoms with Gasteiger partial charge >= 0.3 is 6.16 Å². The van der Waals surface area contributed by atoms with E-state index in [1.807, 2.05) is 0 Å². The molecule has 0 unspecified atom stereocenters. The Morgan fingerprint density at radius 2 is 1.21 bits per heavy atom. The van der Waals surface area contributed by atoms with Crippen LogP contribution in [0.4, 0.5) is 4.79 Å². The van der Waals surface area contributed by atoms with Crippen molar-refractivity contribution in [1.82, 2.24) is 0 Å². The van der Waals surface area contributed by atoms with Crippen molar-refractivity contribution in [2.45, 2.75) is 0 Å². The molecule has 124 valence electrons. The van der Waals surface area contributed by atoms with Crippen molar-refractivity contribution in [3.63, 3.8) is 0 Å². The van der Waals surface area contributed by atoms with Crippen molar-refractivity contribution in [3.05, 3.63) is 47.5 Å². The second kappa shape index (κ2) is 7.77. The lowest BCUT2D eigenvalue weighted by molar-refractivity contribution is 0.111. The van der Waals surface area contributed by atoms with E-state index in [2.05, 4.69) is 0 Å². The van der Waals surface area contributed by atoms with Crippen molar-refractivity contribution >= 4 is 18.7 Å². The van der Waals surface area contributed by atoms with Crippen LogP contribution < -0.4 is 18.9 Å². The topological polar surface area (TPSA) is 88.1 Å². The number of methoxy groups -OCH3 is 2. The maximum atomic E-state index is 11.8. The predicted molar refractivity (Wildman–Crippen MR) is 83.4 cm³/mol. The molecule has 0 aliphatic carbocycles. The van der Waals surface area contributed by atoms with Crippen molar-refractivity contribution in [3.8, 4) is 23.0 Å². The van der Waals surface area contributed by atoms with Crippen LogP contribution in [0.2, 0.25) is 0 Å². The Balaban J connectivity index is 2.11. The molecule has 0 amide bonds. The van der Waals surface area contributed by atoms with Crippen molar-refractivity contribution < 1.29 is 33.3 Å². The van der Waals surface area contributed by atoms with Gasteiger partial charge in [0.15, 0.2) is 12.6 Å². The third-order valence-electron chi connectivity index (χ3n) is 3.07. The van der Waals surface area contributed by atoms with Crippen LogP contribution in [0.3, 0.4) is 0 Å². The normalized spacial score (nSPS) is 9.75. The first-order valence-corrected chi connectivity index (χ1v) is 6.77. The highest BCUT2D eigenvalue weighted by Crippen LogP contribution is 2.26. The van der Waals surface area contributed by atoms with E-state index in [1.54, 1.807) is 0 Å². The molecule has 0 bridgehead atoms. The van der Waals surface area contributed by atoms with Crippen LogP contribution in [0.15, 0.2) is 36.4 Å². The van der Waals surface area contributed by atoms with Crippen molar-refractivity contribution in [2.75, 3.05) is 14.2 Å². The molecule has 24 heavy (non-hydrogen) atoms.